The van der Waals surface area contributed by atoms with Crippen LogP contribution < -0.4 is 9.62 Å². The average Bonchev–Trinajstić information content (AvgIpc) is 2.78. The number of benzene rings is 3. The van der Waals surface area contributed by atoms with Crippen LogP contribution in [0.15, 0.2) is 65.6 Å². The normalized spacial score (nSPS) is 14.9. The van der Waals surface area contributed by atoms with Crippen LogP contribution in [0.1, 0.15) is 16.7 Å². The lowest BCUT2D eigenvalue weighted by Crippen LogP contribution is -2.45. The van der Waals surface area contributed by atoms with E-state index < -0.39 is 10.0 Å². The fourth-order valence-corrected chi connectivity index (χ4v) is 5.66. The zero-order chi connectivity index (χ0) is 23.6. The molecule has 0 atom stereocenters. The molecule has 0 saturated carbocycles. The molecule has 0 unspecified atom stereocenters. The van der Waals surface area contributed by atoms with Gasteiger partial charge in [0, 0.05) is 43.4 Å². The number of nitrogens with one attached hydrogen (secondary N) is 1. The van der Waals surface area contributed by atoms with Crippen LogP contribution in [0.25, 0.3) is 0 Å². The molecule has 1 aliphatic heterocycles. The largest absolute Gasteiger partial charge is 0.506 e. The number of piperazine rings is 1. The Morgan fingerprint density at radius 1 is 0.939 bits per heavy atom. The molecule has 0 radical (unpaired) electrons. The summed E-state index contributed by atoms with van der Waals surface area (Å²) in [4.78, 5) is 4.79. The smallest absolute Gasteiger partial charge is 0.262 e. The van der Waals surface area contributed by atoms with Crippen molar-refractivity contribution in [2.24, 2.45) is 0 Å². The fraction of sp³-hybridized carbons (Fsp3) is 0.280. The second-order valence-electron chi connectivity index (χ2n) is 8.42. The first-order valence-corrected chi connectivity index (χ1v) is 12.7. The van der Waals surface area contributed by atoms with Crippen molar-refractivity contribution in [3.05, 3.63) is 82.4 Å². The van der Waals surface area contributed by atoms with Gasteiger partial charge in [-0.2, -0.15) is 0 Å². The third kappa shape index (κ3) is 5.43. The van der Waals surface area contributed by atoms with E-state index in [4.69, 9.17) is 11.6 Å². The lowest BCUT2D eigenvalue weighted by atomic mass is 10.1. The number of halogens is 1. The standard InChI is InChI=1S/C25H28ClN3O3S/c1-18-16-25(19(2)15-22(18)26)33(31,32)27-21-9-7-20(8-10-21)17-28-11-13-29(14-12-28)23-5-3-4-6-24(23)30/h3-10,15-16,27,30H,11-14,17H2,1-2H3. The highest BCUT2D eigenvalue weighted by Crippen LogP contribution is 2.28. The molecule has 1 aliphatic rings. The van der Waals surface area contributed by atoms with Gasteiger partial charge in [-0.3, -0.25) is 9.62 Å². The summed E-state index contributed by atoms with van der Waals surface area (Å²) >= 11 is 6.11. The molecule has 0 amide bonds. The summed E-state index contributed by atoms with van der Waals surface area (Å²) in [7, 11) is -3.70. The summed E-state index contributed by atoms with van der Waals surface area (Å²) in [6.45, 7) is 7.78. The van der Waals surface area contributed by atoms with Crippen molar-refractivity contribution in [3.63, 3.8) is 0 Å². The molecule has 0 bridgehead atoms. The Balaban J connectivity index is 1.36. The third-order valence-corrected chi connectivity index (χ3v) is 7.88. The average molecular weight is 486 g/mol. The number of hydrogen-bond donors (Lipinski definition) is 2. The Kier molecular flexibility index (Phi) is 6.83. The second kappa shape index (κ2) is 9.63. The fourth-order valence-electron chi connectivity index (χ4n) is 4.07. The molecule has 0 aromatic heterocycles. The lowest BCUT2D eigenvalue weighted by molar-refractivity contribution is 0.249. The van der Waals surface area contributed by atoms with Crippen LogP contribution in [0.4, 0.5) is 11.4 Å². The van der Waals surface area contributed by atoms with Crippen molar-refractivity contribution in [1.29, 1.82) is 0 Å². The second-order valence-corrected chi connectivity index (χ2v) is 10.5. The topological polar surface area (TPSA) is 72.9 Å². The summed E-state index contributed by atoms with van der Waals surface area (Å²) in [5.74, 6) is 0.313. The minimum atomic E-state index is -3.70. The highest BCUT2D eigenvalue weighted by Gasteiger charge is 2.20. The molecule has 2 N–H and O–H groups in total. The monoisotopic (exact) mass is 485 g/mol. The van der Waals surface area contributed by atoms with Crippen LogP contribution in [0.2, 0.25) is 5.02 Å². The minimum Gasteiger partial charge on any atom is -0.506 e. The predicted molar refractivity (Wildman–Crippen MR) is 134 cm³/mol. The van der Waals surface area contributed by atoms with Crippen LogP contribution in [-0.2, 0) is 16.6 Å². The Morgan fingerprint density at radius 3 is 2.27 bits per heavy atom. The van der Waals surface area contributed by atoms with Gasteiger partial charge in [0.25, 0.3) is 10.0 Å². The number of aryl methyl sites for hydroxylation is 2. The van der Waals surface area contributed by atoms with Gasteiger partial charge in [0.1, 0.15) is 5.75 Å². The van der Waals surface area contributed by atoms with Gasteiger partial charge in [0.15, 0.2) is 0 Å². The molecule has 4 rings (SSSR count). The summed E-state index contributed by atoms with van der Waals surface area (Å²) in [5, 5.41) is 10.6. The van der Waals surface area contributed by atoms with Crippen LogP contribution >= 0.6 is 11.6 Å². The van der Waals surface area contributed by atoms with Gasteiger partial charge in [-0.05, 0) is 66.9 Å². The number of aromatic hydroxyl groups is 1. The van der Waals surface area contributed by atoms with Crippen molar-refractivity contribution in [1.82, 2.24) is 4.90 Å². The van der Waals surface area contributed by atoms with Gasteiger partial charge in [-0.25, -0.2) is 8.42 Å². The van der Waals surface area contributed by atoms with Crippen LogP contribution in [0.3, 0.4) is 0 Å². The molecule has 6 nitrogen and oxygen atoms in total. The number of sulfonamides is 1. The Morgan fingerprint density at radius 2 is 1.61 bits per heavy atom. The minimum absolute atomic E-state index is 0.232. The zero-order valence-corrected chi connectivity index (χ0v) is 20.3. The van der Waals surface area contributed by atoms with Crippen LogP contribution in [0.5, 0.6) is 5.75 Å². The van der Waals surface area contributed by atoms with Gasteiger partial charge in [-0.1, -0.05) is 35.9 Å². The molecule has 1 fully saturated rings. The van der Waals surface area contributed by atoms with Crippen molar-refractivity contribution in [2.75, 3.05) is 35.8 Å². The maximum Gasteiger partial charge on any atom is 0.262 e. The Labute approximate surface area is 200 Å². The van der Waals surface area contributed by atoms with Crippen LogP contribution in [-0.4, -0.2) is 44.6 Å². The molecule has 0 aliphatic carbocycles. The van der Waals surface area contributed by atoms with Crippen molar-refractivity contribution < 1.29 is 13.5 Å². The molecule has 174 valence electrons. The van der Waals surface area contributed by atoms with Crippen LogP contribution in [0, 0.1) is 13.8 Å². The third-order valence-electron chi connectivity index (χ3n) is 5.95. The van der Waals surface area contributed by atoms with E-state index in [1.807, 2.05) is 30.3 Å². The summed E-state index contributed by atoms with van der Waals surface area (Å²) < 4.78 is 28.4. The molecule has 3 aromatic carbocycles. The van der Waals surface area contributed by atoms with Gasteiger partial charge in [0.05, 0.1) is 10.6 Å². The SMILES string of the molecule is Cc1cc(S(=O)(=O)Nc2ccc(CN3CCN(c4ccccc4O)CC3)cc2)c(C)cc1Cl. The summed E-state index contributed by atoms with van der Waals surface area (Å²) in [6, 6.07) is 18.2. The van der Waals surface area contributed by atoms with E-state index in [2.05, 4.69) is 14.5 Å². The quantitative estimate of drug-likeness (QED) is 0.525. The number of nitrogens with zero attached hydrogens (tertiary/aromatic N) is 2. The zero-order valence-electron chi connectivity index (χ0n) is 18.8. The number of phenols is 1. The highest BCUT2D eigenvalue weighted by molar-refractivity contribution is 7.92. The van der Waals surface area contributed by atoms with E-state index in [1.165, 1.54) is 0 Å². The molecule has 33 heavy (non-hydrogen) atoms. The predicted octanol–water partition coefficient (Wildman–Crippen LogP) is 4.79. The molecular formula is C25H28ClN3O3S. The molecule has 1 heterocycles. The van der Waals surface area contributed by atoms with E-state index in [9.17, 15) is 13.5 Å². The molecular weight excluding hydrogens is 458 g/mol. The number of para-hydroxylation sites is 2. The number of phenolic OH excluding ortho intramolecular Hbond substituents is 1. The van der Waals surface area contributed by atoms with E-state index in [0.717, 1.165) is 49.5 Å². The van der Waals surface area contributed by atoms with Gasteiger partial charge >= 0.3 is 0 Å². The Bertz CT molecular complexity index is 1240. The first kappa shape index (κ1) is 23.4. The molecule has 1 saturated heterocycles. The number of hydrogen-bond acceptors (Lipinski definition) is 5. The maximum absolute atomic E-state index is 12.9. The van der Waals surface area contributed by atoms with E-state index in [1.54, 1.807) is 44.2 Å². The van der Waals surface area contributed by atoms with E-state index >= 15 is 0 Å². The van der Waals surface area contributed by atoms with E-state index in [-0.39, 0.29) is 4.90 Å². The van der Waals surface area contributed by atoms with E-state index in [0.29, 0.717) is 22.0 Å². The Hall–Kier alpha value is -2.74. The first-order chi connectivity index (χ1) is 15.7. The van der Waals surface area contributed by atoms with Crippen molar-refractivity contribution in [2.45, 2.75) is 25.3 Å². The number of anilines is 2. The summed E-state index contributed by atoms with van der Waals surface area (Å²) in [5.41, 5.74) is 3.85. The number of rotatable bonds is 6. The molecule has 8 heteroatoms. The van der Waals surface area contributed by atoms with Gasteiger partial charge in [-0.15, -0.1) is 0 Å². The maximum atomic E-state index is 12.9. The first-order valence-electron chi connectivity index (χ1n) is 10.9. The summed E-state index contributed by atoms with van der Waals surface area (Å²) in [6.07, 6.45) is 0. The molecule has 3 aromatic rings. The van der Waals surface area contributed by atoms with Gasteiger partial charge < -0.3 is 10.0 Å². The molecule has 0 spiro atoms. The highest BCUT2D eigenvalue weighted by atomic mass is 35.5. The van der Waals surface area contributed by atoms with Gasteiger partial charge in [0.2, 0.25) is 0 Å². The van der Waals surface area contributed by atoms with Crippen molar-refractivity contribution in [3.8, 4) is 5.75 Å². The van der Waals surface area contributed by atoms with Crippen molar-refractivity contribution >= 4 is 33.0 Å². The lowest BCUT2D eigenvalue weighted by Gasteiger charge is -2.36.